The van der Waals surface area contributed by atoms with Gasteiger partial charge in [0.15, 0.2) is 0 Å². The van der Waals surface area contributed by atoms with Crippen molar-refractivity contribution in [2.75, 3.05) is 13.1 Å². The predicted octanol–water partition coefficient (Wildman–Crippen LogP) is 2.80. The van der Waals surface area contributed by atoms with E-state index in [0.717, 1.165) is 16.7 Å². The lowest BCUT2D eigenvalue weighted by Crippen LogP contribution is -2.45. The number of rotatable bonds is 5. The first-order valence-corrected chi connectivity index (χ1v) is 11.2. The van der Waals surface area contributed by atoms with E-state index in [1.165, 1.54) is 4.31 Å². The van der Waals surface area contributed by atoms with Crippen LogP contribution in [0.25, 0.3) is 10.9 Å². The van der Waals surface area contributed by atoms with Crippen molar-refractivity contribution in [1.29, 1.82) is 0 Å². The number of carbonyl (C=O) groups excluding carboxylic acids is 1. The molecule has 4 rings (SSSR count). The van der Waals surface area contributed by atoms with Crippen LogP contribution in [0.15, 0.2) is 51.9 Å². The third-order valence-electron chi connectivity index (χ3n) is 5.48. The van der Waals surface area contributed by atoms with Gasteiger partial charge in [0.2, 0.25) is 15.9 Å². The second-order valence-electron chi connectivity index (χ2n) is 7.58. The summed E-state index contributed by atoms with van der Waals surface area (Å²) in [4.78, 5) is 12.9. The van der Waals surface area contributed by atoms with E-state index in [-0.39, 0.29) is 23.3 Å². The number of nitrogens with zero attached hydrogens (tertiary/aromatic N) is 2. The van der Waals surface area contributed by atoms with Crippen molar-refractivity contribution in [1.82, 2.24) is 14.2 Å². The van der Waals surface area contributed by atoms with Gasteiger partial charge in [-0.1, -0.05) is 0 Å². The maximum Gasteiger partial charge on any atom is 0.243 e. The number of amides is 1. The summed E-state index contributed by atoms with van der Waals surface area (Å²) < 4.78 is 35.2. The molecule has 154 valence electrons. The van der Waals surface area contributed by atoms with Gasteiger partial charge < -0.3 is 14.3 Å². The third-order valence-corrected chi connectivity index (χ3v) is 7.34. The van der Waals surface area contributed by atoms with Crippen molar-refractivity contribution < 1.29 is 17.6 Å². The largest absolute Gasteiger partial charge is 0.465 e. The highest BCUT2D eigenvalue weighted by atomic mass is 32.2. The lowest BCUT2D eigenvalue weighted by atomic mass is 9.99. The number of piperidine rings is 1. The topological polar surface area (TPSA) is 84.5 Å². The van der Waals surface area contributed by atoms with Crippen LogP contribution in [0, 0.1) is 12.8 Å². The minimum Gasteiger partial charge on any atom is -0.465 e. The zero-order chi connectivity index (χ0) is 20.6. The Morgan fingerprint density at radius 2 is 2.07 bits per heavy atom. The number of hydrogen-bond donors (Lipinski definition) is 1. The monoisotopic (exact) mass is 415 g/mol. The minimum atomic E-state index is -3.65. The molecule has 7 nitrogen and oxygen atoms in total. The molecule has 1 aliphatic rings. The number of sulfonamides is 1. The number of carbonyl (C=O) groups is 1. The lowest BCUT2D eigenvalue weighted by molar-refractivity contribution is -0.126. The van der Waals surface area contributed by atoms with Crippen LogP contribution in [0.1, 0.15) is 24.4 Å². The predicted molar refractivity (Wildman–Crippen MR) is 110 cm³/mol. The van der Waals surface area contributed by atoms with Gasteiger partial charge in [0, 0.05) is 37.2 Å². The van der Waals surface area contributed by atoms with Gasteiger partial charge in [-0.05, 0) is 56.2 Å². The Hall–Kier alpha value is -2.58. The molecule has 1 N–H and O–H groups in total. The summed E-state index contributed by atoms with van der Waals surface area (Å²) in [5, 5.41) is 3.75. The Morgan fingerprint density at radius 3 is 2.83 bits per heavy atom. The summed E-state index contributed by atoms with van der Waals surface area (Å²) in [6, 6.07) is 10.7. The van der Waals surface area contributed by atoms with E-state index in [9.17, 15) is 13.2 Å². The molecule has 1 amide bonds. The smallest absolute Gasteiger partial charge is 0.243 e. The Kier molecular flexibility index (Phi) is 5.23. The summed E-state index contributed by atoms with van der Waals surface area (Å²) in [7, 11) is -1.72. The Bertz CT molecular complexity index is 1150. The molecule has 8 heteroatoms. The fourth-order valence-corrected chi connectivity index (χ4v) is 5.40. The first-order valence-electron chi connectivity index (χ1n) is 9.73. The molecule has 2 aromatic heterocycles. The van der Waals surface area contributed by atoms with Crippen molar-refractivity contribution in [2.45, 2.75) is 31.2 Å². The van der Waals surface area contributed by atoms with Crippen LogP contribution < -0.4 is 5.32 Å². The zero-order valence-electron chi connectivity index (χ0n) is 16.6. The van der Waals surface area contributed by atoms with Crippen LogP contribution in [0.2, 0.25) is 0 Å². The molecule has 1 saturated heterocycles. The van der Waals surface area contributed by atoms with Gasteiger partial charge in [-0.25, -0.2) is 8.42 Å². The van der Waals surface area contributed by atoms with Crippen molar-refractivity contribution in [3.05, 3.63) is 54.1 Å². The number of aromatic nitrogens is 1. The van der Waals surface area contributed by atoms with E-state index in [1.807, 2.05) is 49.0 Å². The van der Waals surface area contributed by atoms with E-state index < -0.39 is 10.0 Å². The summed E-state index contributed by atoms with van der Waals surface area (Å²) in [6.45, 7) is 2.77. The van der Waals surface area contributed by atoms with Crippen molar-refractivity contribution in [3.8, 4) is 0 Å². The van der Waals surface area contributed by atoms with Gasteiger partial charge in [0.25, 0.3) is 0 Å². The Labute approximate surface area is 170 Å². The van der Waals surface area contributed by atoms with Gasteiger partial charge >= 0.3 is 0 Å². The van der Waals surface area contributed by atoms with Crippen molar-refractivity contribution >= 4 is 26.8 Å². The highest BCUT2D eigenvalue weighted by Crippen LogP contribution is 2.26. The van der Waals surface area contributed by atoms with Crippen LogP contribution in [0.3, 0.4) is 0 Å². The first-order chi connectivity index (χ1) is 13.8. The molecule has 0 bridgehead atoms. The summed E-state index contributed by atoms with van der Waals surface area (Å²) in [6.07, 6.45) is 3.24. The summed E-state index contributed by atoms with van der Waals surface area (Å²) >= 11 is 0. The fraction of sp³-hybridized carbons (Fsp3) is 0.381. The molecule has 1 fully saturated rings. The number of benzene rings is 1. The second kappa shape index (κ2) is 7.68. The summed E-state index contributed by atoms with van der Waals surface area (Å²) in [5.41, 5.74) is 0.980. The molecule has 0 unspecified atom stereocenters. The number of hydrogen-bond acceptors (Lipinski definition) is 4. The highest BCUT2D eigenvalue weighted by Gasteiger charge is 2.33. The lowest BCUT2D eigenvalue weighted by Gasteiger charge is -2.31. The van der Waals surface area contributed by atoms with Crippen LogP contribution >= 0.6 is 0 Å². The Balaban J connectivity index is 1.46. The van der Waals surface area contributed by atoms with Crippen LogP contribution in [-0.2, 0) is 28.4 Å². The Morgan fingerprint density at radius 1 is 1.24 bits per heavy atom. The molecule has 29 heavy (non-hydrogen) atoms. The quantitative estimate of drug-likeness (QED) is 0.694. The van der Waals surface area contributed by atoms with Crippen LogP contribution in [-0.4, -0.2) is 36.3 Å². The number of fused-ring (bicyclic) bond motifs is 1. The zero-order valence-corrected chi connectivity index (χ0v) is 17.4. The number of aryl methyl sites for hydroxylation is 2. The van der Waals surface area contributed by atoms with Gasteiger partial charge in [-0.2, -0.15) is 4.31 Å². The van der Waals surface area contributed by atoms with Crippen molar-refractivity contribution in [3.63, 3.8) is 0 Å². The third kappa shape index (κ3) is 3.95. The average Bonchev–Trinajstić information content (AvgIpc) is 3.31. The van der Waals surface area contributed by atoms with Crippen LogP contribution in [0.4, 0.5) is 0 Å². The van der Waals surface area contributed by atoms with Gasteiger partial charge in [-0.15, -0.1) is 0 Å². The molecule has 1 aliphatic heterocycles. The van der Waals surface area contributed by atoms with E-state index in [2.05, 4.69) is 5.32 Å². The normalized spacial score (nSPS) is 18.2. The fourth-order valence-electron chi connectivity index (χ4n) is 3.84. The average molecular weight is 416 g/mol. The maximum absolute atomic E-state index is 13.2. The van der Waals surface area contributed by atoms with Gasteiger partial charge in [0.1, 0.15) is 11.5 Å². The van der Waals surface area contributed by atoms with Crippen molar-refractivity contribution in [2.24, 2.45) is 13.0 Å². The highest BCUT2D eigenvalue weighted by molar-refractivity contribution is 7.89. The molecule has 1 aromatic carbocycles. The van der Waals surface area contributed by atoms with Crippen LogP contribution in [0.5, 0.6) is 0 Å². The minimum absolute atomic E-state index is 0.141. The molecule has 1 atom stereocenters. The first kappa shape index (κ1) is 19.7. The standard InChI is InChI=1S/C21H25N3O4S/c1-15-5-6-18(28-15)13-22-21(25)17-4-3-10-24(14-17)29(26,27)19-7-8-20-16(12-19)9-11-23(20)2/h5-9,11-12,17H,3-4,10,13-14H2,1-2H3,(H,22,25)/t17-/m1/s1. The number of nitrogens with one attached hydrogen (secondary N) is 1. The van der Waals surface area contributed by atoms with E-state index in [0.29, 0.717) is 31.7 Å². The van der Waals surface area contributed by atoms with Gasteiger partial charge in [-0.3, -0.25) is 4.79 Å². The molecule has 0 aliphatic carbocycles. The molecular weight excluding hydrogens is 390 g/mol. The van der Waals surface area contributed by atoms with E-state index in [4.69, 9.17) is 4.42 Å². The molecule has 0 spiro atoms. The number of furan rings is 1. The SMILES string of the molecule is Cc1ccc(CNC(=O)[C@@H]2CCCN(S(=O)(=O)c3ccc4c(ccn4C)c3)C2)o1. The van der Waals surface area contributed by atoms with E-state index in [1.54, 1.807) is 12.1 Å². The second-order valence-corrected chi connectivity index (χ2v) is 9.52. The molecule has 3 aromatic rings. The van der Waals surface area contributed by atoms with Gasteiger partial charge in [0.05, 0.1) is 17.4 Å². The summed E-state index contributed by atoms with van der Waals surface area (Å²) in [5.74, 6) is 0.972. The molecule has 0 radical (unpaired) electrons. The van der Waals surface area contributed by atoms with E-state index >= 15 is 0 Å². The maximum atomic E-state index is 13.2. The molecule has 3 heterocycles. The molecular formula is C21H25N3O4S. The molecule has 0 saturated carbocycles.